The summed E-state index contributed by atoms with van der Waals surface area (Å²) in [7, 11) is 0. The number of halogens is 3. The zero-order chi connectivity index (χ0) is 19.2. The Bertz CT molecular complexity index is 919. The van der Waals surface area contributed by atoms with Crippen molar-refractivity contribution in [2.45, 2.75) is 6.18 Å². The van der Waals surface area contributed by atoms with E-state index in [1.165, 1.54) is 24.3 Å². The van der Waals surface area contributed by atoms with Crippen molar-refractivity contribution in [2.24, 2.45) is 0 Å². The number of para-hydroxylation sites is 1. The molecule has 0 aliphatic carbocycles. The number of rotatable bonds is 4. The van der Waals surface area contributed by atoms with Crippen LogP contribution in [0.3, 0.4) is 0 Å². The van der Waals surface area contributed by atoms with Crippen LogP contribution in [0.1, 0.15) is 11.1 Å². The number of anilines is 2. The number of benzene rings is 2. The molecule has 2 N–H and O–H groups in total. The minimum atomic E-state index is -4.64. The van der Waals surface area contributed by atoms with Crippen LogP contribution in [-0.4, -0.2) is 5.91 Å². The molecule has 0 saturated carbocycles. The highest BCUT2D eigenvalue weighted by atomic mass is 19.4. The zero-order valence-corrected chi connectivity index (χ0v) is 13.1. The molecule has 0 aliphatic heterocycles. The molecule has 0 aromatic heterocycles. The second-order valence-electron chi connectivity index (χ2n) is 5.00. The van der Waals surface area contributed by atoms with Gasteiger partial charge < -0.3 is 10.6 Å². The first kappa shape index (κ1) is 18.6. The first-order valence-electron chi connectivity index (χ1n) is 7.19. The van der Waals surface area contributed by atoms with E-state index in [0.717, 1.165) is 18.3 Å². The van der Waals surface area contributed by atoms with Gasteiger partial charge in [-0.05, 0) is 36.4 Å². The van der Waals surface area contributed by atoms with Crippen LogP contribution >= 0.6 is 0 Å². The molecule has 2 rings (SSSR count). The average molecular weight is 356 g/mol. The Balaban J connectivity index is 2.17. The van der Waals surface area contributed by atoms with Crippen LogP contribution < -0.4 is 10.6 Å². The van der Waals surface area contributed by atoms with Crippen molar-refractivity contribution in [3.63, 3.8) is 0 Å². The summed E-state index contributed by atoms with van der Waals surface area (Å²) < 4.78 is 38.8. The van der Waals surface area contributed by atoms with Crippen molar-refractivity contribution < 1.29 is 18.0 Å². The Morgan fingerprint density at radius 3 is 2.27 bits per heavy atom. The summed E-state index contributed by atoms with van der Waals surface area (Å²) in [4.78, 5) is 12.1. The van der Waals surface area contributed by atoms with E-state index in [1.807, 2.05) is 6.07 Å². The SMILES string of the molecule is N#C/C(=C/Nc1ccc(C#N)cc1)C(=O)Nc1ccccc1C(F)(F)F. The number of hydrogen-bond donors (Lipinski definition) is 2. The second-order valence-corrected chi connectivity index (χ2v) is 5.00. The standard InChI is InChI=1S/C18H11F3N4O/c19-18(20,21)15-3-1-2-4-16(15)25-17(26)13(10-23)11-24-14-7-5-12(9-22)6-8-14/h1-8,11,24H,(H,25,26)/b13-11-. The van der Waals surface area contributed by atoms with E-state index in [0.29, 0.717) is 11.3 Å². The molecule has 0 unspecified atom stereocenters. The highest BCUT2D eigenvalue weighted by Crippen LogP contribution is 2.34. The van der Waals surface area contributed by atoms with E-state index in [9.17, 15) is 18.0 Å². The molecule has 0 atom stereocenters. The molecule has 5 nitrogen and oxygen atoms in total. The van der Waals surface area contributed by atoms with Gasteiger partial charge in [0, 0.05) is 11.9 Å². The highest BCUT2D eigenvalue weighted by Gasteiger charge is 2.33. The molecule has 26 heavy (non-hydrogen) atoms. The Hall–Kier alpha value is -3.78. The van der Waals surface area contributed by atoms with Crippen molar-refractivity contribution in [3.05, 3.63) is 71.4 Å². The number of nitrogens with zero attached hydrogens (tertiary/aromatic N) is 2. The van der Waals surface area contributed by atoms with Crippen molar-refractivity contribution in [1.82, 2.24) is 0 Å². The van der Waals surface area contributed by atoms with Gasteiger partial charge in [-0.2, -0.15) is 23.7 Å². The molecule has 130 valence electrons. The molecule has 1 amide bonds. The number of hydrogen-bond acceptors (Lipinski definition) is 4. The lowest BCUT2D eigenvalue weighted by Gasteiger charge is -2.13. The quantitative estimate of drug-likeness (QED) is 0.639. The van der Waals surface area contributed by atoms with Crippen LogP contribution in [0.4, 0.5) is 24.5 Å². The topological polar surface area (TPSA) is 88.7 Å². The van der Waals surface area contributed by atoms with Gasteiger partial charge in [0.05, 0.1) is 22.9 Å². The Labute approximate surface area is 147 Å². The van der Waals surface area contributed by atoms with Crippen molar-refractivity contribution in [2.75, 3.05) is 10.6 Å². The van der Waals surface area contributed by atoms with E-state index in [2.05, 4.69) is 10.6 Å². The zero-order valence-electron chi connectivity index (χ0n) is 13.1. The van der Waals surface area contributed by atoms with Gasteiger partial charge in [0.1, 0.15) is 11.6 Å². The first-order chi connectivity index (χ1) is 12.3. The minimum absolute atomic E-state index is 0.411. The number of amides is 1. The molecule has 0 bridgehead atoms. The fourth-order valence-electron chi connectivity index (χ4n) is 1.97. The molecular formula is C18H11F3N4O. The van der Waals surface area contributed by atoms with Crippen LogP contribution in [0.5, 0.6) is 0 Å². The molecule has 2 aromatic rings. The molecule has 8 heteroatoms. The first-order valence-corrected chi connectivity index (χ1v) is 7.19. The van der Waals surface area contributed by atoms with Gasteiger partial charge in [0.2, 0.25) is 0 Å². The average Bonchev–Trinajstić information content (AvgIpc) is 2.62. The summed E-state index contributed by atoms with van der Waals surface area (Å²) in [5.74, 6) is -0.981. The summed E-state index contributed by atoms with van der Waals surface area (Å²) in [5, 5.41) is 22.6. The van der Waals surface area contributed by atoms with Crippen LogP contribution in [-0.2, 0) is 11.0 Å². The van der Waals surface area contributed by atoms with Crippen LogP contribution in [0.2, 0.25) is 0 Å². The molecule has 0 fully saturated rings. The van der Waals surface area contributed by atoms with Crippen molar-refractivity contribution >= 4 is 17.3 Å². The highest BCUT2D eigenvalue weighted by molar-refractivity contribution is 6.07. The fraction of sp³-hybridized carbons (Fsp3) is 0.0556. The van der Waals surface area contributed by atoms with Crippen LogP contribution in [0, 0.1) is 22.7 Å². The summed E-state index contributed by atoms with van der Waals surface area (Å²) in [6, 6.07) is 14.2. The minimum Gasteiger partial charge on any atom is -0.360 e. The molecule has 0 spiro atoms. The monoisotopic (exact) mass is 356 g/mol. The number of alkyl halides is 3. The maximum atomic E-state index is 12.9. The predicted octanol–water partition coefficient (Wildman–Crippen LogP) is 4.04. The lowest BCUT2D eigenvalue weighted by atomic mass is 10.1. The fourth-order valence-corrected chi connectivity index (χ4v) is 1.97. The summed E-state index contributed by atoms with van der Waals surface area (Å²) in [6.45, 7) is 0. The molecule has 2 aromatic carbocycles. The van der Waals surface area contributed by atoms with Gasteiger partial charge in [-0.25, -0.2) is 0 Å². The molecule has 0 heterocycles. The van der Waals surface area contributed by atoms with Gasteiger partial charge in [0.25, 0.3) is 5.91 Å². The second kappa shape index (κ2) is 7.86. The summed E-state index contributed by atoms with van der Waals surface area (Å²) in [6.07, 6.45) is -3.56. The lowest BCUT2D eigenvalue weighted by Crippen LogP contribution is -2.18. The number of nitrogens with one attached hydrogen (secondary N) is 2. The molecule has 0 aliphatic rings. The van der Waals surface area contributed by atoms with Gasteiger partial charge in [-0.15, -0.1) is 0 Å². The Morgan fingerprint density at radius 2 is 1.69 bits per heavy atom. The van der Waals surface area contributed by atoms with Gasteiger partial charge in [-0.3, -0.25) is 4.79 Å². The number of carbonyl (C=O) groups excluding carboxylic acids is 1. The van der Waals surface area contributed by atoms with Gasteiger partial charge in [-0.1, -0.05) is 12.1 Å². The van der Waals surface area contributed by atoms with E-state index >= 15 is 0 Å². The van der Waals surface area contributed by atoms with Crippen LogP contribution in [0.15, 0.2) is 60.3 Å². The Kier molecular flexibility index (Phi) is 5.61. The summed E-state index contributed by atoms with van der Waals surface area (Å²) >= 11 is 0. The predicted molar refractivity (Wildman–Crippen MR) is 88.5 cm³/mol. The third kappa shape index (κ3) is 4.62. The van der Waals surface area contributed by atoms with E-state index in [4.69, 9.17) is 10.5 Å². The third-order valence-corrected chi connectivity index (χ3v) is 3.24. The number of nitriles is 2. The molecular weight excluding hydrogens is 345 g/mol. The van der Waals surface area contributed by atoms with E-state index in [-0.39, 0.29) is 0 Å². The third-order valence-electron chi connectivity index (χ3n) is 3.24. The van der Waals surface area contributed by atoms with Gasteiger partial charge in [0.15, 0.2) is 0 Å². The maximum absolute atomic E-state index is 12.9. The maximum Gasteiger partial charge on any atom is 0.418 e. The number of carbonyl (C=O) groups is 1. The van der Waals surface area contributed by atoms with Crippen molar-refractivity contribution in [3.8, 4) is 12.1 Å². The van der Waals surface area contributed by atoms with Crippen molar-refractivity contribution in [1.29, 1.82) is 10.5 Å². The van der Waals surface area contributed by atoms with E-state index in [1.54, 1.807) is 18.2 Å². The van der Waals surface area contributed by atoms with Gasteiger partial charge >= 0.3 is 6.18 Å². The Morgan fingerprint density at radius 1 is 1.04 bits per heavy atom. The molecule has 0 saturated heterocycles. The smallest absolute Gasteiger partial charge is 0.360 e. The summed E-state index contributed by atoms with van der Waals surface area (Å²) in [5.41, 5.74) is -0.927. The largest absolute Gasteiger partial charge is 0.418 e. The van der Waals surface area contributed by atoms with Crippen LogP contribution in [0.25, 0.3) is 0 Å². The molecule has 0 radical (unpaired) electrons. The normalized spacial score (nSPS) is 11.2. The lowest BCUT2D eigenvalue weighted by molar-refractivity contribution is -0.137. The van der Waals surface area contributed by atoms with E-state index < -0.39 is 28.9 Å².